The third-order valence-corrected chi connectivity index (χ3v) is 4.48. The van der Waals surface area contributed by atoms with E-state index in [1.54, 1.807) is 0 Å². The molecule has 0 aromatic carbocycles. The predicted molar refractivity (Wildman–Crippen MR) is 85.4 cm³/mol. The van der Waals surface area contributed by atoms with Crippen LogP contribution in [0.15, 0.2) is 24.3 Å². The van der Waals surface area contributed by atoms with Gasteiger partial charge in [-0.1, -0.05) is 17.7 Å². The zero-order valence-electron chi connectivity index (χ0n) is 12.9. The Morgan fingerprint density at radius 1 is 1.23 bits per heavy atom. The highest BCUT2D eigenvalue weighted by atomic mass is 35.5. The molecule has 0 radical (unpaired) electrons. The minimum absolute atomic E-state index is 0.0134. The number of rotatable bonds is 6. The quantitative estimate of drug-likeness (QED) is 0.422. The van der Waals surface area contributed by atoms with Crippen LogP contribution in [-0.4, -0.2) is 31.6 Å². The van der Waals surface area contributed by atoms with Crippen LogP contribution in [0.2, 0.25) is 0 Å². The van der Waals surface area contributed by atoms with Crippen molar-refractivity contribution in [2.45, 2.75) is 50.9 Å². The third kappa shape index (κ3) is 5.41. The van der Waals surface area contributed by atoms with Gasteiger partial charge < -0.3 is 14.2 Å². The van der Waals surface area contributed by atoms with Crippen molar-refractivity contribution < 1.29 is 19.0 Å². The maximum Gasteiger partial charge on any atom is 0.331 e. The molecule has 2 aliphatic rings. The van der Waals surface area contributed by atoms with Crippen molar-refractivity contribution in [2.24, 2.45) is 11.8 Å². The summed E-state index contributed by atoms with van der Waals surface area (Å²) < 4.78 is 17.1. The van der Waals surface area contributed by atoms with Gasteiger partial charge in [0.15, 0.2) is 6.29 Å². The van der Waals surface area contributed by atoms with Crippen LogP contribution < -0.4 is 0 Å². The molecule has 2 fully saturated rings. The number of esters is 1. The summed E-state index contributed by atoms with van der Waals surface area (Å²) in [5.41, 5.74) is 1.18. The van der Waals surface area contributed by atoms with E-state index in [-0.39, 0.29) is 18.4 Å². The number of halogens is 1. The maximum absolute atomic E-state index is 11.4. The summed E-state index contributed by atoms with van der Waals surface area (Å²) in [5.74, 6) is 0.515. The number of allylic oxidation sites excluding steroid dienone is 1. The van der Waals surface area contributed by atoms with Crippen molar-refractivity contribution in [3.05, 3.63) is 24.3 Å². The fourth-order valence-corrected chi connectivity index (χ4v) is 3.19. The Balaban J connectivity index is 1.67. The SMILES string of the molecule is C=CCCC1COC(C2CCC(OC(=O)/C=C/Cl)CC2)OC1. The average molecular weight is 329 g/mol. The van der Waals surface area contributed by atoms with Gasteiger partial charge in [0.25, 0.3) is 0 Å². The maximum atomic E-state index is 11.4. The fourth-order valence-electron chi connectivity index (χ4n) is 3.08. The highest BCUT2D eigenvalue weighted by Crippen LogP contribution is 2.32. The first-order valence-corrected chi connectivity index (χ1v) is 8.48. The summed E-state index contributed by atoms with van der Waals surface area (Å²) in [6.45, 7) is 5.29. The first kappa shape index (κ1) is 17.5. The molecule has 2 rings (SSSR count). The van der Waals surface area contributed by atoms with Crippen LogP contribution in [0.3, 0.4) is 0 Å². The molecule has 4 nitrogen and oxygen atoms in total. The van der Waals surface area contributed by atoms with Gasteiger partial charge in [-0.25, -0.2) is 4.79 Å². The van der Waals surface area contributed by atoms with E-state index < -0.39 is 0 Å². The van der Waals surface area contributed by atoms with Gasteiger partial charge in [0.05, 0.1) is 13.2 Å². The van der Waals surface area contributed by atoms with E-state index in [2.05, 4.69) is 6.58 Å². The molecule has 0 spiro atoms. The molecular formula is C17H25ClO4. The lowest BCUT2D eigenvalue weighted by molar-refractivity contribution is -0.231. The Labute approximate surface area is 137 Å². The molecule has 0 atom stereocenters. The zero-order chi connectivity index (χ0) is 15.8. The van der Waals surface area contributed by atoms with Crippen molar-refractivity contribution in [1.82, 2.24) is 0 Å². The minimum Gasteiger partial charge on any atom is -0.459 e. The summed E-state index contributed by atoms with van der Waals surface area (Å²) >= 11 is 5.36. The Bertz CT molecular complexity index is 380. The van der Waals surface area contributed by atoms with Gasteiger partial charge in [0, 0.05) is 23.4 Å². The highest BCUT2D eigenvalue weighted by molar-refractivity contribution is 6.26. The molecule has 0 aromatic rings. The van der Waals surface area contributed by atoms with E-state index in [0.717, 1.165) is 51.7 Å². The third-order valence-electron chi connectivity index (χ3n) is 4.36. The second-order valence-electron chi connectivity index (χ2n) is 6.03. The number of carbonyl (C=O) groups is 1. The second kappa shape index (κ2) is 9.33. The van der Waals surface area contributed by atoms with Crippen LogP contribution in [0.25, 0.3) is 0 Å². The summed E-state index contributed by atoms with van der Waals surface area (Å²) in [6, 6.07) is 0. The van der Waals surface area contributed by atoms with E-state index in [9.17, 15) is 4.79 Å². The van der Waals surface area contributed by atoms with Crippen molar-refractivity contribution >= 4 is 17.6 Å². The Morgan fingerprint density at radius 3 is 2.50 bits per heavy atom. The minimum atomic E-state index is -0.367. The number of carbonyl (C=O) groups excluding carboxylic acids is 1. The van der Waals surface area contributed by atoms with Crippen LogP contribution in [0.5, 0.6) is 0 Å². The van der Waals surface area contributed by atoms with E-state index in [0.29, 0.717) is 11.8 Å². The largest absolute Gasteiger partial charge is 0.459 e. The molecule has 5 heteroatoms. The molecule has 0 N–H and O–H groups in total. The van der Waals surface area contributed by atoms with Crippen LogP contribution in [0.1, 0.15) is 38.5 Å². The molecule has 0 aromatic heterocycles. The average Bonchev–Trinajstić information content (AvgIpc) is 2.54. The Hall–Kier alpha value is -0.840. The number of hydrogen-bond donors (Lipinski definition) is 0. The van der Waals surface area contributed by atoms with E-state index in [1.807, 2.05) is 6.08 Å². The van der Waals surface area contributed by atoms with Gasteiger partial charge in [-0.2, -0.15) is 0 Å². The molecule has 1 saturated carbocycles. The number of ether oxygens (including phenoxy) is 3. The molecular weight excluding hydrogens is 304 g/mol. The van der Waals surface area contributed by atoms with Gasteiger partial charge in [-0.3, -0.25) is 0 Å². The van der Waals surface area contributed by atoms with E-state index in [4.69, 9.17) is 25.8 Å². The molecule has 1 saturated heterocycles. The monoisotopic (exact) mass is 328 g/mol. The first-order valence-electron chi connectivity index (χ1n) is 8.04. The Kier molecular flexibility index (Phi) is 7.43. The normalized spacial score (nSPS) is 32.8. The lowest BCUT2D eigenvalue weighted by atomic mass is 9.86. The predicted octanol–water partition coefficient (Wildman–Crippen LogP) is 3.80. The van der Waals surface area contributed by atoms with Gasteiger partial charge in [0.1, 0.15) is 6.10 Å². The van der Waals surface area contributed by atoms with Crippen molar-refractivity contribution in [2.75, 3.05) is 13.2 Å². The molecule has 1 aliphatic heterocycles. The fraction of sp³-hybridized carbons (Fsp3) is 0.706. The van der Waals surface area contributed by atoms with Gasteiger partial charge in [-0.05, 0) is 38.5 Å². The van der Waals surface area contributed by atoms with Gasteiger partial charge >= 0.3 is 5.97 Å². The van der Waals surface area contributed by atoms with E-state index >= 15 is 0 Å². The second-order valence-corrected chi connectivity index (χ2v) is 6.29. The van der Waals surface area contributed by atoms with Gasteiger partial charge in [-0.15, -0.1) is 6.58 Å². The highest BCUT2D eigenvalue weighted by Gasteiger charge is 2.33. The van der Waals surface area contributed by atoms with Crippen LogP contribution in [0, 0.1) is 11.8 Å². The standard InChI is InChI=1S/C17H25ClO4/c1-2-3-4-13-11-20-17(21-12-13)14-5-7-15(8-6-14)22-16(19)9-10-18/h2,9-10,13-15,17H,1,3-8,11-12H2/b10-9+. The summed E-state index contributed by atoms with van der Waals surface area (Å²) in [6.07, 6.45) is 8.79. The molecule has 0 unspecified atom stereocenters. The van der Waals surface area contributed by atoms with Crippen LogP contribution in [0.4, 0.5) is 0 Å². The molecule has 22 heavy (non-hydrogen) atoms. The smallest absolute Gasteiger partial charge is 0.331 e. The molecule has 1 heterocycles. The van der Waals surface area contributed by atoms with Crippen LogP contribution >= 0.6 is 11.6 Å². The summed E-state index contributed by atoms with van der Waals surface area (Å²) in [4.78, 5) is 11.4. The van der Waals surface area contributed by atoms with Crippen molar-refractivity contribution in [3.8, 4) is 0 Å². The lowest BCUT2D eigenvalue weighted by Crippen LogP contribution is -2.39. The molecule has 124 valence electrons. The molecule has 0 bridgehead atoms. The topological polar surface area (TPSA) is 44.8 Å². The van der Waals surface area contributed by atoms with E-state index in [1.165, 1.54) is 11.6 Å². The lowest BCUT2D eigenvalue weighted by Gasteiger charge is -2.37. The first-order chi connectivity index (χ1) is 10.7. The zero-order valence-corrected chi connectivity index (χ0v) is 13.7. The summed E-state index contributed by atoms with van der Waals surface area (Å²) in [7, 11) is 0. The summed E-state index contributed by atoms with van der Waals surface area (Å²) in [5, 5.41) is 0. The van der Waals surface area contributed by atoms with Crippen molar-refractivity contribution in [1.29, 1.82) is 0 Å². The van der Waals surface area contributed by atoms with Gasteiger partial charge in [0.2, 0.25) is 0 Å². The molecule has 1 aliphatic carbocycles. The number of hydrogen-bond acceptors (Lipinski definition) is 4. The Morgan fingerprint density at radius 2 is 1.91 bits per heavy atom. The molecule has 0 amide bonds. The van der Waals surface area contributed by atoms with Crippen LogP contribution in [-0.2, 0) is 19.0 Å². The van der Waals surface area contributed by atoms with Crippen molar-refractivity contribution in [3.63, 3.8) is 0 Å².